The summed E-state index contributed by atoms with van der Waals surface area (Å²) in [6, 6.07) is 8.15. The zero-order chi connectivity index (χ0) is 31.7. The maximum absolute atomic E-state index is 13.5. The van der Waals surface area contributed by atoms with Crippen LogP contribution in [0, 0.1) is 18.8 Å². The third kappa shape index (κ3) is 9.40. The monoisotopic (exact) mass is 646 g/mol. The Balaban J connectivity index is 2.06. The lowest BCUT2D eigenvalue weighted by Gasteiger charge is -2.45. The van der Waals surface area contributed by atoms with Crippen LogP contribution in [0.15, 0.2) is 42.5 Å². The van der Waals surface area contributed by atoms with Crippen LogP contribution in [0.5, 0.6) is 0 Å². The van der Waals surface area contributed by atoms with Crippen LogP contribution in [0.25, 0.3) is 0 Å². The first-order valence-corrected chi connectivity index (χ1v) is 16.3. The highest BCUT2D eigenvalue weighted by molar-refractivity contribution is 7.86. The van der Waals surface area contributed by atoms with Crippen LogP contribution in [0.3, 0.4) is 0 Å². The zero-order valence-corrected chi connectivity index (χ0v) is 24.3. The lowest BCUT2D eigenvalue weighted by molar-refractivity contribution is -0.143. The van der Waals surface area contributed by atoms with E-state index in [0.717, 1.165) is 5.56 Å². The standard InChI is InChI=1S/C27H32F6O7S2/c1-16-5-3-4-6-22(16)25-23(10-12-42(37,38)39)18(9-11-41(34,35)36)7-8-24(25)40-17(2)19-13-20(26(28,29)30)15-21(14-19)27(31,32)33/h3-6,13-15,17-18,23-25H,7-12H2,1-2H3,(H,34,35,36)(H,37,38,39)/t17-,18+,23-,24+,25+/m1/s1. The SMILES string of the molecule is Cc1ccccc1[C@H]1[C@H](CCS(=O)(=O)O)[C@H](CCS(=O)(=O)O)CC[C@@H]1O[C@H](C)c1cc(C(F)(F)F)cc(C(F)(F)F)c1. The first-order valence-electron chi connectivity index (χ1n) is 13.1. The van der Waals surface area contributed by atoms with E-state index in [1.165, 1.54) is 6.92 Å². The molecule has 1 saturated carbocycles. The molecule has 0 heterocycles. The van der Waals surface area contributed by atoms with E-state index in [9.17, 15) is 52.3 Å². The van der Waals surface area contributed by atoms with E-state index in [2.05, 4.69) is 0 Å². The van der Waals surface area contributed by atoms with Gasteiger partial charge in [0, 0.05) is 5.92 Å². The molecule has 1 fully saturated rings. The summed E-state index contributed by atoms with van der Waals surface area (Å²) in [5, 5.41) is 0. The van der Waals surface area contributed by atoms with Gasteiger partial charge >= 0.3 is 12.4 Å². The molecule has 3 rings (SSSR count). The second-order valence-corrected chi connectivity index (χ2v) is 13.8. The molecule has 42 heavy (non-hydrogen) atoms. The number of benzene rings is 2. The highest BCUT2D eigenvalue weighted by Crippen LogP contribution is 2.48. The van der Waals surface area contributed by atoms with Crippen molar-refractivity contribution in [3.05, 3.63) is 70.3 Å². The predicted molar refractivity (Wildman–Crippen MR) is 142 cm³/mol. The van der Waals surface area contributed by atoms with E-state index in [4.69, 9.17) is 4.74 Å². The van der Waals surface area contributed by atoms with Crippen molar-refractivity contribution in [2.75, 3.05) is 11.5 Å². The summed E-state index contributed by atoms with van der Waals surface area (Å²) >= 11 is 0. The third-order valence-electron chi connectivity index (χ3n) is 7.75. The van der Waals surface area contributed by atoms with Gasteiger partial charge in [0.2, 0.25) is 0 Å². The maximum atomic E-state index is 13.5. The van der Waals surface area contributed by atoms with Crippen LogP contribution in [-0.4, -0.2) is 43.6 Å². The first-order chi connectivity index (χ1) is 19.2. The molecule has 0 aliphatic heterocycles. The predicted octanol–water partition coefficient (Wildman–Crippen LogP) is 6.84. The van der Waals surface area contributed by atoms with Gasteiger partial charge in [-0.05, 0) is 86.3 Å². The molecule has 236 valence electrons. The average molecular weight is 647 g/mol. The Hall–Kier alpha value is -2.20. The van der Waals surface area contributed by atoms with Crippen molar-refractivity contribution in [3.63, 3.8) is 0 Å². The van der Waals surface area contributed by atoms with E-state index in [0.29, 0.717) is 17.7 Å². The van der Waals surface area contributed by atoms with Crippen molar-refractivity contribution in [2.45, 2.75) is 70.0 Å². The quantitative estimate of drug-likeness (QED) is 0.214. The number of alkyl halides is 6. The fourth-order valence-electron chi connectivity index (χ4n) is 5.80. The molecular weight excluding hydrogens is 614 g/mol. The molecule has 2 aromatic carbocycles. The minimum absolute atomic E-state index is 0.0259. The summed E-state index contributed by atoms with van der Waals surface area (Å²) in [6.45, 7) is 3.09. The number of aryl methyl sites for hydroxylation is 1. The Morgan fingerprint density at radius 2 is 1.38 bits per heavy atom. The van der Waals surface area contributed by atoms with Crippen LogP contribution < -0.4 is 0 Å². The Morgan fingerprint density at radius 3 is 1.88 bits per heavy atom. The molecule has 0 saturated heterocycles. The fourth-order valence-corrected chi connectivity index (χ4v) is 6.97. The van der Waals surface area contributed by atoms with Crippen molar-refractivity contribution >= 4 is 20.2 Å². The van der Waals surface area contributed by atoms with Crippen molar-refractivity contribution in [2.24, 2.45) is 11.8 Å². The summed E-state index contributed by atoms with van der Waals surface area (Å²) in [5.74, 6) is -3.03. The summed E-state index contributed by atoms with van der Waals surface area (Å²) in [6.07, 6.45) is -11.9. The molecule has 0 radical (unpaired) electrons. The smallest absolute Gasteiger partial charge is 0.370 e. The second kappa shape index (κ2) is 12.8. The average Bonchev–Trinajstić information content (AvgIpc) is 2.85. The van der Waals surface area contributed by atoms with Gasteiger partial charge in [0.05, 0.1) is 34.8 Å². The molecule has 1 aliphatic carbocycles. The maximum Gasteiger partial charge on any atom is 0.416 e. The van der Waals surface area contributed by atoms with Crippen LogP contribution in [0.2, 0.25) is 0 Å². The zero-order valence-electron chi connectivity index (χ0n) is 22.7. The summed E-state index contributed by atoms with van der Waals surface area (Å²) in [5.41, 5.74) is -1.92. The molecule has 5 atom stereocenters. The van der Waals surface area contributed by atoms with Crippen LogP contribution in [0.1, 0.15) is 72.4 Å². The molecule has 2 N–H and O–H groups in total. The molecule has 0 unspecified atom stereocenters. The van der Waals surface area contributed by atoms with Gasteiger partial charge in [-0.1, -0.05) is 24.3 Å². The molecule has 0 aromatic heterocycles. The lowest BCUT2D eigenvalue weighted by atomic mass is 9.65. The van der Waals surface area contributed by atoms with E-state index in [1.807, 2.05) is 0 Å². The number of hydrogen-bond acceptors (Lipinski definition) is 5. The number of hydrogen-bond donors (Lipinski definition) is 2. The van der Waals surface area contributed by atoms with Crippen LogP contribution in [0.4, 0.5) is 26.3 Å². The topological polar surface area (TPSA) is 118 Å². The summed E-state index contributed by atoms with van der Waals surface area (Å²) in [4.78, 5) is 0. The van der Waals surface area contributed by atoms with E-state index >= 15 is 0 Å². The molecule has 0 spiro atoms. The van der Waals surface area contributed by atoms with E-state index in [-0.39, 0.29) is 37.3 Å². The minimum Gasteiger partial charge on any atom is -0.370 e. The Bertz CT molecular complexity index is 1420. The van der Waals surface area contributed by atoms with E-state index < -0.39 is 85.2 Å². The molecule has 15 heteroatoms. The fraction of sp³-hybridized carbons (Fsp3) is 0.556. The van der Waals surface area contributed by atoms with Crippen LogP contribution in [-0.2, 0) is 37.3 Å². The highest BCUT2D eigenvalue weighted by atomic mass is 32.2. The van der Waals surface area contributed by atoms with Gasteiger partial charge in [-0.2, -0.15) is 43.2 Å². The Kier molecular flexibility index (Phi) is 10.5. The lowest BCUT2D eigenvalue weighted by Crippen LogP contribution is -2.40. The van der Waals surface area contributed by atoms with Gasteiger partial charge in [0.25, 0.3) is 20.2 Å². The number of rotatable bonds is 10. The van der Waals surface area contributed by atoms with Crippen molar-refractivity contribution in [3.8, 4) is 0 Å². The van der Waals surface area contributed by atoms with Crippen LogP contribution >= 0.6 is 0 Å². The Morgan fingerprint density at radius 1 is 0.857 bits per heavy atom. The largest absolute Gasteiger partial charge is 0.416 e. The van der Waals surface area contributed by atoms with Crippen molar-refractivity contribution in [1.82, 2.24) is 0 Å². The Labute approximate surface area is 240 Å². The number of ether oxygens (including phenoxy) is 1. The number of halogens is 6. The molecule has 7 nitrogen and oxygen atoms in total. The summed E-state index contributed by atoms with van der Waals surface area (Å²) < 4.78 is 152. The second-order valence-electron chi connectivity index (χ2n) is 10.7. The van der Waals surface area contributed by atoms with Gasteiger partial charge in [-0.3, -0.25) is 9.11 Å². The summed E-state index contributed by atoms with van der Waals surface area (Å²) in [7, 11) is -8.81. The van der Waals surface area contributed by atoms with Gasteiger partial charge in [0.1, 0.15) is 0 Å². The van der Waals surface area contributed by atoms with Gasteiger partial charge in [0.15, 0.2) is 0 Å². The molecule has 1 aliphatic rings. The van der Waals surface area contributed by atoms with Gasteiger partial charge < -0.3 is 4.74 Å². The first kappa shape index (κ1) is 34.3. The van der Waals surface area contributed by atoms with Gasteiger partial charge in [-0.15, -0.1) is 0 Å². The molecule has 0 bridgehead atoms. The molecule has 2 aromatic rings. The highest BCUT2D eigenvalue weighted by Gasteiger charge is 2.43. The van der Waals surface area contributed by atoms with Gasteiger partial charge in [-0.25, -0.2) is 0 Å². The molecule has 0 amide bonds. The third-order valence-corrected chi connectivity index (χ3v) is 9.25. The minimum atomic E-state index is -5.05. The van der Waals surface area contributed by atoms with E-state index in [1.54, 1.807) is 31.2 Å². The van der Waals surface area contributed by atoms with Crippen molar-refractivity contribution < 1.29 is 57.0 Å². The normalized spacial score (nSPS) is 23.1. The van der Waals surface area contributed by atoms with Crippen molar-refractivity contribution in [1.29, 1.82) is 0 Å². The molecular formula is C27H32F6O7S2.